The van der Waals surface area contributed by atoms with Crippen molar-refractivity contribution in [2.75, 3.05) is 50.1 Å². The van der Waals surface area contributed by atoms with E-state index in [1.807, 2.05) is 18.2 Å². The quantitative estimate of drug-likeness (QED) is 0.449. The van der Waals surface area contributed by atoms with Crippen LogP contribution in [0.4, 0.5) is 15.8 Å². The number of halogens is 2. The molecule has 4 rings (SSSR count). The minimum absolute atomic E-state index is 0.222. The molecule has 1 aliphatic rings. The molecular formula is C26H25ClFN3O3S. The summed E-state index contributed by atoms with van der Waals surface area (Å²) in [5.74, 6) is 0.119. The van der Waals surface area contributed by atoms with Crippen molar-refractivity contribution in [2.24, 2.45) is 0 Å². The lowest BCUT2D eigenvalue weighted by atomic mass is 10.1. The van der Waals surface area contributed by atoms with Crippen LogP contribution >= 0.6 is 23.8 Å². The van der Waals surface area contributed by atoms with Crippen LogP contribution in [0.1, 0.15) is 5.56 Å². The van der Waals surface area contributed by atoms with E-state index in [-0.39, 0.29) is 24.1 Å². The van der Waals surface area contributed by atoms with Gasteiger partial charge in [-0.2, -0.15) is 0 Å². The Kier molecular flexibility index (Phi) is 8.05. The van der Waals surface area contributed by atoms with Gasteiger partial charge in [-0.25, -0.2) is 4.39 Å². The SMILES string of the molecule is COc1cc(C(=S)N2CCN(c3ccc(F)cc3)CC2)cc(Cl)c1OCC(=O)Nc1ccccc1. The summed E-state index contributed by atoms with van der Waals surface area (Å²) in [4.78, 5) is 17.2. The second kappa shape index (κ2) is 11.4. The summed E-state index contributed by atoms with van der Waals surface area (Å²) in [5, 5.41) is 3.07. The van der Waals surface area contributed by atoms with Crippen molar-refractivity contribution in [3.8, 4) is 11.5 Å². The zero-order valence-corrected chi connectivity index (χ0v) is 20.7. The van der Waals surface area contributed by atoms with Crippen molar-refractivity contribution in [1.29, 1.82) is 0 Å². The van der Waals surface area contributed by atoms with Crippen LogP contribution in [-0.2, 0) is 4.79 Å². The number of hydrogen-bond acceptors (Lipinski definition) is 5. The molecule has 9 heteroatoms. The summed E-state index contributed by atoms with van der Waals surface area (Å²) in [6.07, 6.45) is 0. The van der Waals surface area contributed by atoms with Crippen LogP contribution < -0.4 is 19.7 Å². The molecule has 0 atom stereocenters. The molecule has 6 nitrogen and oxygen atoms in total. The fourth-order valence-electron chi connectivity index (χ4n) is 3.84. The molecule has 1 heterocycles. The first-order chi connectivity index (χ1) is 16.9. The maximum atomic E-state index is 13.2. The van der Waals surface area contributed by atoms with E-state index in [9.17, 15) is 9.18 Å². The molecule has 1 saturated heterocycles. The second-order valence-electron chi connectivity index (χ2n) is 7.95. The number of hydrogen-bond donors (Lipinski definition) is 1. The van der Waals surface area contributed by atoms with Gasteiger partial charge in [-0.3, -0.25) is 4.79 Å². The van der Waals surface area contributed by atoms with E-state index in [2.05, 4.69) is 15.1 Å². The maximum Gasteiger partial charge on any atom is 0.262 e. The lowest BCUT2D eigenvalue weighted by Gasteiger charge is -2.37. The van der Waals surface area contributed by atoms with Crippen LogP contribution in [0.3, 0.4) is 0 Å². The molecular weight excluding hydrogens is 489 g/mol. The van der Waals surface area contributed by atoms with Crippen molar-refractivity contribution in [1.82, 2.24) is 4.90 Å². The highest BCUT2D eigenvalue weighted by Crippen LogP contribution is 2.37. The zero-order valence-electron chi connectivity index (χ0n) is 19.2. The summed E-state index contributed by atoms with van der Waals surface area (Å²) in [6, 6.07) is 19.1. The van der Waals surface area contributed by atoms with E-state index in [0.717, 1.165) is 24.3 Å². The molecule has 0 unspecified atom stereocenters. The van der Waals surface area contributed by atoms with Gasteiger partial charge >= 0.3 is 0 Å². The summed E-state index contributed by atoms with van der Waals surface area (Å²) < 4.78 is 24.4. The van der Waals surface area contributed by atoms with Gasteiger partial charge in [0.1, 0.15) is 10.8 Å². The Morgan fingerprint density at radius 2 is 1.74 bits per heavy atom. The number of anilines is 2. The number of para-hydroxylation sites is 1. The monoisotopic (exact) mass is 513 g/mol. The van der Waals surface area contributed by atoms with E-state index in [1.165, 1.54) is 19.2 Å². The third kappa shape index (κ3) is 6.21. The molecule has 0 spiro atoms. The Morgan fingerprint density at radius 3 is 2.40 bits per heavy atom. The predicted octanol–water partition coefficient (Wildman–Crippen LogP) is 5.00. The summed E-state index contributed by atoms with van der Waals surface area (Å²) in [5.41, 5.74) is 2.40. The van der Waals surface area contributed by atoms with Gasteiger partial charge in [0, 0.05) is 43.1 Å². The van der Waals surface area contributed by atoms with Gasteiger partial charge in [0.05, 0.1) is 12.1 Å². The van der Waals surface area contributed by atoms with Crippen molar-refractivity contribution in [3.63, 3.8) is 0 Å². The average molecular weight is 514 g/mol. The van der Waals surface area contributed by atoms with E-state index in [1.54, 1.807) is 36.4 Å². The van der Waals surface area contributed by atoms with Gasteiger partial charge in [-0.05, 0) is 48.5 Å². The topological polar surface area (TPSA) is 54.0 Å². The smallest absolute Gasteiger partial charge is 0.262 e. The number of benzene rings is 3. The largest absolute Gasteiger partial charge is 0.493 e. The first-order valence-corrected chi connectivity index (χ1v) is 11.9. The lowest BCUT2D eigenvalue weighted by molar-refractivity contribution is -0.118. The Bertz CT molecular complexity index is 1190. The standard InChI is InChI=1S/C26H25ClFN3O3S/c1-33-23-16-18(15-22(27)25(23)34-17-24(32)29-20-5-3-2-4-6-20)26(35)31-13-11-30(12-14-31)21-9-7-19(28)8-10-21/h2-10,15-16H,11-14,17H2,1H3,(H,29,32). The summed E-state index contributed by atoms with van der Waals surface area (Å²) >= 11 is 12.2. The average Bonchev–Trinajstić information content (AvgIpc) is 2.88. The third-order valence-corrected chi connectivity index (χ3v) is 6.41. The van der Waals surface area contributed by atoms with Crippen molar-refractivity contribution < 1.29 is 18.7 Å². The van der Waals surface area contributed by atoms with Crippen molar-refractivity contribution in [2.45, 2.75) is 0 Å². The fourth-order valence-corrected chi connectivity index (χ4v) is 4.41. The van der Waals surface area contributed by atoms with Crippen LogP contribution in [0.25, 0.3) is 0 Å². The molecule has 1 aliphatic heterocycles. The Hall–Kier alpha value is -3.36. The maximum absolute atomic E-state index is 13.2. The fraction of sp³-hybridized carbons (Fsp3) is 0.231. The van der Waals surface area contributed by atoms with Gasteiger partial charge in [0.15, 0.2) is 18.1 Å². The van der Waals surface area contributed by atoms with Gasteiger partial charge in [-0.1, -0.05) is 42.0 Å². The number of nitrogens with one attached hydrogen (secondary N) is 1. The third-order valence-electron chi connectivity index (χ3n) is 5.64. The van der Waals surface area contributed by atoms with Crippen LogP contribution in [0, 0.1) is 5.82 Å². The Labute approximate surface area is 214 Å². The van der Waals surface area contributed by atoms with E-state index >= 15 is 0 Å². The number of carbonyl (C=O) groups excluding carboxylic acids is 1. The van der Waals surface area contributed by atoms with Crippen LogP contribution in [-0.4, -0.2) is 55.7 Å². The molecule has 1 fully saturated rings. The molecule has 3 aromatic rings. The summed E-state index contributed by atoms with van der Waals surface area (Å²) in [6.45, 7) is 2.73. The second-order valence-corrected chi connectivity index (χ2v) is 8.74. The van der Waals surface area contributed by atoms with Gasteiger partial charge in [-0.15, -0.1) is 0 Å². The number of amides is 1. The lowest BCUT2D eigenvalue weighted by Crippen LogP contribution is -2.48. The highest BCUT2D eigenvalue weighted by Gasteiger charge is 2.22. The molecule has 0 aliphatic carbocycles. The minimum Gasteiger partial charge on any atom is -0.493 e. The number of nitrogens with zero attached hydrogens (tertiary/aromatic N) is 2. The van der Waals surface area contributed by atoms with Gasteiger partial charge < -0.3 is 24.6 Å². The first kappa shape index (κ1) is 24.8. The molecule has 0 bridgehead atoms. The van der Waals surface area contributed by atoms with E-state index in [4.69, 9.17) is 33.3 Å². The molecule has 182 valence electrons. The zero-order chi connectivity index (χ0) is 24.8. The molecule has 35 heavy (non-hydrogen) atoms. The van der Waals surface area contributed by atoms with Crippen LogP contribution in [0.15, 0.2) is 66.7 Å². The van der Waals surface area contributed by atoms with Gasteiger partial charge in [0.2, 0.25) is 0 Å². The van der Waals surface area contributed by atoms with Crippen molar-refractivity contribution in [3.05, 3.63) is 83.1 Å². The van der Waals surface area contributed by atoms with Gasteiger partial charge in [0.25, 0.3) is 5.91 Å². The normalized spacial score (nSPS) is 13.3. The minimum atomic E-state index is -0.312. The highest BCUT2D eigenvalue weighted by atomic mass is 35.5. The number of rotatable bonds is 7. The number of piperazine rings is 1. The molecule has 0 aromatic heterocycles. The molecule has 1 N–H and O–H groups in total. The molecule has 3 aromatic carbocycles. The van der Waals surface area contributed by atoms with E-state index in [0.29, 0.717) is 34.5 Å². The van der Waals surface area contributed by atoms with Crippen molar-refractivity contribution >= 4 is 46.1 Å². The molecule has 0 saturated carbocycles. The number of methoxy groups -OCH3 is 1. The van der Waals surface area contributed by atoms with Crippen LogP contribution in [0.5, 0.6) is 11.5 Å². The number of ether oxygens (including phenoxy) is 2. The first-order valence-electron chi connectivity index (χ1n) is 11.1. The Morgan fingerprint density at radius 1 is 1.06 bits per heavy atom. The number of carbonyl (C=O) groups is 1. The summed E-state index contributed by atoms with van der Waals surface area (Å²) in [7, 11) is 1.51. The van der Waals surface area contributed by atoms with Crippen LogP contribution in [0.2, 0.25) is 5.02 Å². The number of thiocarbonyl (C=S) groups is 1. The van der Waals surface area contributed by atoms with E-state index < -0.39 is 0 Å². The molecule has 0 radical (unpaired) electrons. The highest BCUT2D eigenvalue weighted by molar-refractivity contribution is 7.80. The Balaban J connectivity index is 1.38. The molecule has 1 amide bonds. The predicted molar refractivity (Wildman–Crippen MR) is 140 cm³/mol.